The molecule has 3 aromatic rings. The second-order valence-electron chi connectivity index (χ2n) is 10.6. The Kier molecular flexibility index (Phi) is 9.12. The van der Waals surface area contributed by atoms with Gasteiger partial charge in [-0.25, -0.2) is 18.5 Å². The maximum Gasteiger partial charge on any atom is 0.573 e. The second-order valence-corrected chi connectivity index (χ2v) is 10.6. The number of hydrogen-bond donors (Lipinski definition) is 0. The summed E-state index contributed by atoms with van der Waals surface area (Å²) in [5.74, 6) is -7.48. The van der Waals surface area contributed by atoms with Crippen LogP contribution in [0.3, 0.4) is 0 Å². The molecule has 0 atom stereocenters. The lowest BCUT2D eigenvalue weighted by molar-refractivity contribution is -0.277. The molecule has 2 aliphatic rings. The van der Waals surface area contributed by atoms with Gasteiger partial charge in [0.25, 0.3) is 0 Å². The lowest BCUT2D eigenvalue weighted by Gasteiger charge is -2.23. The molecule has 54 heavy (non-hydrogen) atoms. The Morgan fingerprint density at radius 1 is 0.537 bits per heavy atom. The molecule has 0 saturated heterocycles. The molecule has 258 valence electrons. The van der Waals surface area contributed by atoms with Crippen LogP contribution in [0.15, 0.2) is 48.1 Å². The molecule has 0 saturated carbocycles. The normalized spacial score (nSPS) is 14.8. The third kappa shape index (κ3) is 6.12. The molecular formula is C36H6F8N8O2. The number of hydrogen-bond acceptors (Lipinski definition) is 8. The average molecular weight is 734 g/mol. The number of nitriles is 6. The molecule has 0 aromatic heterocycles. The van der Waals surface area contributed by atoms with Gasteiger partial charge in [0.1, 0.15) is 46.9 Å². The standard InChI is InChI=1S/C36H6F8N8O2/c1-51-19-6-18(7-20(8-19)52-2)22(12-48)26-30-28(24(14-50)32(26)38)33(53-35(39,40)41)29-25(21(11-47)17-4-15(9-45)3-16(5-17)10-46)31(37)23(13-49)27(29)34(30)54-36(42,43)44/h3-8H/b25-21-,26-22-. The van der Waals surface area contributed by atoms with Gasteiger partial charge in [-0.05, 0) is 29.3 Å². The van der Waals surface area contributed by atoms with E-state index >= 15 is 8.78 Å². The number of alkyl halides is 6. The number of nitrogens with zero attached hydrogens (tertiary/aromatic N) is 8. The predicted molar refractivity (Wildman–Crippen MR) is 167 cm³/mol. The summed E-state index contributed by atoms with van der Waals surface area (Å²) in [6, 6.07) is 14.0. The number of ether oxygens (including phenoxy) is 2. The van der Waals surface area contributed by atoms with Gasteiger partial charge in [-0.2, -0.15) is 31.6 Å². The van der Waals surface area contributed by atoms with Crippen LogP contribution in [-0.2, 0) is 0 Å². The van der Waals surface area contributed by atoms with Crippen molar-refractivity contribution in [1.29, 1.82) is 31.6 Å². The predicted octanol–water partition coefficient (Wildman–Crippen LogP) is 9.63. The van der Waals surface area contributed by atoms with Gasteiger partial charge in [0, 0.05) is 22.3 Å². The molecule has 0 spiro atoms. The van der Waals surface area contributed by atoms with Crippen molar-refractivity contribution in [3.8, 4) is 47.9 Å². The van der Waals surface area contributed by atoms with Gasteiger partial charge in [-0.15, -0.1) is 26.3 Å². The molecule has 0 unspecified atom stereocenters. The van der Waals surface area contributed by atoms with Crippen molar-refractivity contribution < 1.29 is 44.6 Å². The lowest BCUT2D eigenvalue weighted by Crippen LogP contribution is -2.22. The number of rotatable bonds is 4. The van der Waals surface area contributed by atoms with Crippen LogP contribution in [0.5, 0.6) is 11.5 Å². The van der Waals surface area contributed by atoms with Gasteiger partial charge in [0.15, 0.2) is 23.0 Å². The highest BCUT2D eigenvalue weighted by Crippen LogP contribution is 2.62. The Morgan fingerprint density at radius 3 is 1.20 bits per heavy atom. The zero-order valence-electron chi connectivity index (χ0n) is 25.9. The van der Waals surface area contributed by atoms with Crippen molar-refractivity contribution in [2.75, 3.05) is 0 Å². The quantitative estimate of drug-likeness (QED) is 0.145. The molecule has 3 aromatic carbocycles. The molecule has 0 amide bonds. The van der Waals surface area contributed by atoms with Crippen LogP contribution in [-0.4, -0.2) is 12.7 Å². The molecule has 0 heterocycles. The van der Waals surface area contributed by atoms with Crippen molar-refractivity contribution in [2.24, 2.45) is 0 Å². The molecule has 0 fully saturated rings. The van der Waals surface area contributed by atoms with Gasteiger partial charge in [0.2, 0.25) is 0 Å². The Labute approximate surface area is 296 Å². The zero-order valence-corrected chi connectivity index (χ0v) is 25.9. The molecule has 0 bridgehead atoms. The Morgan fingerprint density at radius 2 is 0.907 bits per heavy atom. The molecule has 10 nitrogen and oxygen atoms in total. The van der Waals surface area contributed by atoms with E-state index < -0.39 is 103 Å². The molecular weight excluding hydrogens is 728 g/mol. The first-order valence-corrected chi connectivity index (χ1v) is 14.0. The maximum atomic E-state index is 16.5. The molecule has 18 heteroatoms. The van der Waals surface area contributed by atoms with E-state index in [9.17, 15) is 57.9 Å². The number of fused-ring (bicyclic) bond motifs is 2. The maximum absolute atomic E-state index is 16.5. The van der Waals surface area contributed by atoms with E-state index in [0.29, 0.717) is 0 Å². The summed E-state index contributed by atoms with van der Waals surface area (Å²) < 4.78 is 127. The first-order valence-electron chi connectivity index (χ1n) is 14.0. The summed E-state index contributed by atoms with van der Waals surface area (Å²) in [7, 11) is 0. The summed E-state index contributed by atoms with van der Waals surface area (Å²) in [5, 5.41) is 59.4. The molecule has 0 radical (unpaired) electrons. The van der Waals surface area contributed by atoms with Crippen LogP contribution >= 0.6 is 0 Å². The number of allylic oxidation sites excluding steroid dienone is 8. The van der Waals surface area contributed by atoms with Gasteiger partial charge in [-0.3, -0.25) is 0 Å². The zero-order chi connectivity index (χ0) is 39.9. The van der Waals surface area contributed by atoms with Crippen molar-refractivity contribution >= 4 is 44.8 Å². The molecule has 2 aliphatic carbocycles. The van der Waals surface area contributed by atoms with E-state index in [1.165, 1.54) is 24.3 Å². The van der Waals surface area contributed by atoms with Crippen molar-refractivity contribution in [2.45, 2.75) is 12.7 Å². The Bertz CT molecular complexity index is 2500. The summed E-state index contributed by atoms with van der Waals surface area (Å²) in [6.45, 7) is 14.6. The minimum atomic E-state index is -5.87. The van der Waals surface area contributed by atoms with E-state index in [0.717, 1.165) is 36.4 Å². The topological polar surface area (TPSA) is 170 Å². The third-order valence-electron chi connectivity index (χ3n) is 7.60. The first kappa shape index (κ1) is 36.9. The van der Waals surface area contributed by atoms with E-state index in [1.807, 2.05) is 0 Å². The first-order chi connectivity index (χ1) is 25.5. The Hall–Kier alpha value is -8.42. The van der Waals surface area contributed by atoms with Crippen LogP contribution in [0.2, 0.25) is 0 Å². The fraction of sp³-hybridized carbons (Fsp3) is 0.0556. The van der Waals surface area contributed by atoms with Gasteiger partial charge in [-0.1, -0.05) is 18.2 Å². The van der Waals surface area contributed by atoms with Crippen LogP contribution < -0.4 is 9.47 Å². The summed E-state index contributed by atoms with van der Waals surface area (Å²) in [6.07, 6.45) is -11.7. The van der Waals surface area contributed by atoms with Crippen LogP contribution in [0.25, 0.3) is 43.1 Å². The highest BCUT2D eigenvalue weighted by Gasteiger charge is 2.49. The van der Waals surface area contributed by atoms with E-state index in [-0.39, 0.29) is 22.5 Å². The van der Waals surface area contributed by atoms with E-state index in [4.69, 9.17) is 13.1 Å². The van der Waals surface area contributed by atoms with E-state index in [2.05, 4.69) is 19.2 Å². The monoisotopic (exact) mass is 734 g/mol. The summed E-state index contributed by atoms with van der Waals surface area (Å²) in [5.41, 5.74) is -16.2. The molecule has 5 rings (SSSR count). The van der Waals surface area contributed by atoms with Crippen LogP contribution in [0.4, 0.5) is 46.5 Å². The molecule has 0 aliphatic heterocycles. The van der Waals surface area contributed by atoms with Crippen LogP contribution in [0.1, 0.15) is 44.5 Å². The fourth-order valence-electron chi connectivity index (χ4n) is 5.76. The van der Waals surface area contributed by atoms with Gasteiger partial charge < -0.3 is 9.47 Å². The largest absolute Gasteiger partial charge is 0.573 e. The fourth-order valence-corrected chi connectivity index (χ4v) is 5.76. The third-order valence-corrected chi connectivity index (χ3v) is 7.60. The highest BCUT2D eigenvalue weighted by molar-refractivity contribution is 6.21. The highest BCUT2D eigenvalue weighted by atomic mass is 19.4. The summed E-state index contributed by atoms with van der Waals surface area (Å²) in [4.78, 5) is 6.20. The average Bonchev–Trinajstić information content (AvgIpc) is 3.59. The smallest absolute Gasteiger partial charge is 0.404 e. The molecule has 0 N–H and O–H groups in total. The van der Waals surface area contributed by atoms with Gasteiger partial charge >= 0.3 is 12.7 Å². The Balaban J connectivity index is 2.15. The summed E-state index contributed by atoms with van der Waals surface area (Å²) >= 11 is 0. The second kappa shape index (κ2) is 13.4. The van der Waals surface area contributed by atoms with Crippen molar-refractivity contribution in [3.05, 3.63) is 115 Å². The van der Waals surface area contributed by atoms with Crippen molar-refractivity contribution in [3.63, 3.8) is 0 Å². The lowest BCUT2D eigenvalue weighted by atomic mass is 9.87. The minimum absolute atomic E-state index is 0.346. The van der Waals surface area contributed by atoms with Gasteiger partial charge in [0.05, 0.1) is 58.7 Å². The van der Waals surface area contributed by atoms with E-state index in [1.54, 1.807) is 12.1 Å². The SMILES string of the molecule is [C-]#[N+]c1cc([N+]#[C-])cc(/C(C#N)=C2\C(F)=C(C#N)c3c(OC(F)(F)F)c4c(c(OC(F)(F)F)c32)C(C#N)=C(F)/C4=C(/C#N)c2cc(C#N)cc(C#N)c2)c1. The van der Waals surface area contributed by atoms with Crippen LogP contribution in [0, 0.1) is 81.1 Å². The van der Waals surface area contributed by atoms with Crippen molar-refractivity contribution in [1.82, 2.24) is 0 Å². The number of halogens is 8. The minimum Gasteiger partial charge on any atom is -0.404 e. The number of benzene rings is 3.